The molecule has 5 heteroatoms. The lowest BCUT2D eigenvalue weighted by molar-refractivity contribution is -0.134. The van der Waals surface area contributed by atoms with Crippen LogP contribution >= 0.6 is 11.8 Å². The largest absolute Gasteiger partial charge is 0.335 e. The molecule has 1 aromatic heterocycles. The fourth-order valence-electron chi connectivity index (χ4n) is 4.00. The third-order valence-electron chi connectivity index (χ3n) is 5.25. The van der Waals surface area contributed by atoms with Gasteiger partial charge in [-0.2, -0.15) is 11.8 Å². The lowest BCUT2D eigenvalue weighted by Gasteiger charge is -2.29. The highest BCUT2D eigenvalue weighted by Crippen LogP contribution is 2.35. The van der Waals surface area contributed by atoms with Crippen molar-refractivity contribution in [3.05, 3.63) is 30.1 Å². The Bertz CT molecular complexity index is 731. The van der Waals surface area contributed by atoms with E-state index in [0.717, 1.165) is 22.6 Å². The minimum Gasteiger partial charge on any atom is -0.335 e. The van der Waals surface area contributed by atoms with E-state index in [-0.39, 0.29) is 5.91 Å². The zero-order valence-electron chi connectivity index (χ0n) is 14.3. The van der Waals surface area contributed by atoms with Gasteiger partial charge in [-0.25, -0.2) is 4.98 Å². The van der Waals surface area contributed by atoms with Gasteiger partial charge in [-0.15, -0.1) is 0 Å². The number of thioether (sulfide) groups is 1. The molecule has 1 aromatic carbocycles. The van der Waals surface area contributed by atoms with Crippen LogP contribution in [0.4, 0.5) is 0 Å². The van der Waals surface area contributed by atoms with Crippen molar-refractivity contribution in [2.75, 3.05) is 6.26 Å². The zero-order valence-corrected chi connectivity index (χ0v) is 15.1. The van der Waals surface area contributed by atoms with Gasteiger partial charge in [0.2, 0.25) is 5.91 Å². The lowest BCUT2D eigenvalue weighted by atomic mass is 10.2. The number of carbonyl (C=O) groups excluding carboxylic acids is 1. The predicted octanol–water partition coefficient (Wildman–Crippen LogP) is 3.83. The van der Waals surface area contributed by atoms with Crippen LogP contribution in [0.25, 0.3) is 11.0 Å². The molecule has 2 fully saturated rings. The minimum atomic E-state index is 0.287. The summed E-state index contributed by atoms with van der Waals surface area (Å²) in [6.07, 6.45) is 9.37. The Morgan fingerprint density at radius 1 is 1.21 bits per heavy atom. The summed E-state index contributed by atoms with van der Waals surface area (Å²) in [5.74, 6) is 2.14. The van der Waals surface area contributed by atoms with Crippen LogP contribution in [-0.4, -0.2) is 38.7 Å². The zero-order chi connectivity index (χ0) is 16.5. The molecule has 1 heterocycles. The molecule has 0 aliphatic heterocycles. The summed E-state index contributed by atoms with van der Waals surface area (Å²) in [6, 6.07) is 9.14. The molecule has 4 nitrogen and oxygen atoms in total. The molecule has 2 aliphatic carbocycles. The van der Waals surface area contributed by atoms with Gasteiger partial charge >= 0.3 is 0 Å². The Hall–Kier alpha value is -1.49. The molecule has 0 unspecified atom stereocenters. The molecule has 128 valence electrons. The first-order chi connectivity index (χ1) is 11.8. The van der Waals surface area contributed by atoms with Gasteiger partial charge in [0.05, 0.1) is 16.8 Å². The summed E-state index contributed by atoms with van der Waals surface area (Å²) in [5, 5.41) is 0. The summed E-state index contributed by atoms with van der Waals surface area (Å²) < 4.78 is 2.14. The Balaban J connectivity index is 1.62. The van der Waals surface area contributed by atoms with Crippen LogP contribution in [-0.2, 0) is 17.1 Å². The number of fused-ring (bicyclic) bond motifs is 1. The summed E-state index contributed by atoms with van der Waals surface area (Å²) in [4.78, 5) is 20.1. The molecule has 4 rings (SSSR count). The maximum atomic E-state index is 13.1. The smallest absolute Gasteiger partial charge is 0.243 e. The van der Waals surface area contributed by atoms with E-state index in [4.69, 9.17) is 4.98 Å². The van der Waals surface area contributed by atoms with E-state index in [1.165, 1.54) is 38.5 Å². The molecule has 2 aliphatic rings. The van der Waals surface area contributed by atoms with E-state index in [9.17, 15) is 4.79 Å². The highest BCUT2D eigenvalue weighted by molar-refractivity contribution is 7.97. The number of imidazole rings is 1. The fourth-order valence-corrected chi connectivity index (χ4v) is 4.48. The summed E-state index contributed by atoms with van der Waals surface area (Å²) >= 11 is 1.76. The average molecular weight is 343 g/mol. The van der Waals surface area contributed by atoms with Crippen LogP contribution in [0.15, 0.2) is 24.3 Å². The van der Waals surface area contributed by atoms with Crippen molar-refractivity contribution < 1.29 is 4.79 Å². The van der Waals surface area contributed by atoms with Crippen LogP contribution < -0.4 is 0 Å². The fraction of sp³-hybridized carbons (Fsp3) is 0.579. The van der Waals surface area contributed by atoms with Gasteiger partial charge in [-0.05, 0) is 44.1 Å². The van der Waals surface area contributed by atoms with Crippen molar-refractivity contribution in [1.29, 1.82) is 0 Å². The van der Waals surface area contributed by atoms with Crippen molar-refractivity contribution in [2.24, 2.45) is 0 Å². The van der Waals surface area contributed by atoms with Crippen molar-refractivity contribution >= 4 is 28.7 Å². The van der Waals surface area contributed by atoms with Crippen molar-refractivity contribution in [3.8, 4) is 0 Å². The normalized spacial score (nSPS) is 18.4. The minimum absolute atomic E-state index is 0.287. The van der Waals surface area contributed by atoms with Gasteiger partial charge in [0.25, 0.3) is 0 Å². The summed E-state index contributed by atoms with van der Waals surface area (Å²) in [6.45, 7) is 0.434. The first kappa shape index (κ1) is 16.0. The number of rotatable bonds is 6. The number of aromatic nitrogens is 2. The molecule has 0 radical (unpaired) electrons. The average Bonchev–Trinajstić information content (AvgIpc) is 3.14. The molecule has 0 spiro atoms. The van der Waals surface area contributed by atoms with Gasteiger partial charge in [0.15, 0.2) is 0 Å². The van der Waals surface area contributed by atoms with E-state index >= 15 is 0 Å². The van der Waals surface area contributed by atoms with E-state index in [2.05, 4.69) is 21.8 Å². The summed E-state index contributed by atoms with van der Waals surface area (Å²) in [5.41, 5.74) is 2.07. The molecule has 0 atom stereocenters. The number of hydrogen-bond acceptors (Lipinski definition) is 3. The second kappa shape index (κ2) is 6.79. The monoisotopic (exact) mass is 343 g/mol. The Morgan fingerprint density at radius 3 is 2.62 bits per heavy atom. The maximum Gasteiger partial charge on any atom is 0.243 e. The highest BCUT2D eigenvalue weighted by Gasteiger charge is 2.38. The molecule has 24 heavy (non-hydrogen) atoms. The Labute approximate surface area is 147 Å². The first-order valence-electron chi connectivity index (χ1n) is 9.02. The second-order valence-electron chi connectivity index (χ2n) is 7.01. The quantitative estimate of drug-likeness (QED) is 0.800. The number of hydrogen-bond donors (Lipinski definition) is 0. The van der Waals surface area contributed by atoms with Gasteiger partial charge in [-0.3, -0.25) is 4.79 Å². The van der Waals surface area contributed by atoms with Crippen molar-refractivity contribution in [3.63, 3.8) is 0 Å². The van der Waals surface area contributed by atoms with Gasteiger partial charge in [-0.1, -0.05) is 25.0 Å². The Kier molecular flexibility index (Phi) is 4.53. The second-order valence-corrected chi connectivity index (χ2v) is 7.87. The molecule has 0 bridgehead atoms. The van der Waals surface area contributed by atoms with Crippen molar-refractivity contribution in [1.82, 2.24) is 14.5 Å². The first-order valence-corrected chi connectivity index (χ1v) is 10.4. The maximum absolute atomic E-state index is 13.1. The number of carbonyl (C=O) groups is 1. The standard InChI is InChI=1S/C19H25N3OS/c1-24-13-18-20-16-8-4-5-9-17(16)21(18)12-19(23)22(15-10-11-15)14-6-2-3-7-14/h4-5,8-9,14-15H,2-3,6-7,10-13H2,1H3. The molecule has 0 saturated heterocycles. The number of para-hydroxylation sites is 2. The van der Waals surface area contributed by atoms with Crippen molar-refractivity contribution in [2.45, 2.75) is 62.9 Å². The highest BCUT2D eigenvalue weighted by atomic mass is 32.2. The van der Waals surface area contributed by atoms with Crippen LogP contribution in [0.1, 0.15) is 44.3 Å². The Morgan fingerprint density at radius 2 is 1.92 bits per heavy atom. The number of nitrogens with zero attached hydrogens (tertiary/aromatic N) is 3. The van der Waals surface area contributed by atoms with Crippen LogP contribution in [0, 0.1) is 0 Å². The van der Waals surface area contributed by atoms with Crippen LogP contribution in [0.3, 0.4) is 0 Å². The van der Waals surface area contributed by atoms with Gasteiger partial charge < -0.3 is 9.47 Å². The van der Waals surface area contributed by atoms with E-state index < -0.39 is 0 Å². The lowest BCUT2D eigenvalue weighted by Crippen LogP contribution is -2.42. The molecule has 0 N–H and O–H groups in total. The number of amides is 1. The van der Waals surface area contributed by atoms with E-state index in [0.29, 0.717) is 18.6 Å². The summed E-state index contributed by atoms with van der Waals surface area (Å²) in [7, 11) is 0. The molecule has 1 amide bonds. The van der Waals surface area contributed by atoms with Crippen LogP contribution in [0.2, 0.25) is 0 Å². The third kappa shape index (κ3) is 3.06. The molecular weight excluding hydrogens is 318 g/mol. The topological polar surface area (TPSA) is 38.1 Å². The SMILES string of the molecule is CSCc1nc2ccccc2n1CC(=O)N(C1CCCC1)C1CC1. The van der Waals surface area contributed by atoms with Gasteiger partial charge in [0.1, 0.15) is 12.4 Å². The molecular formula is C19H25N3OS. The van der Waals surface area contributed by atoms with E-state index in [1.807, 2.05) is 18.2 Å². The predicted molar refractivity (Wildman–Crippen MR) is 99.1 cm³/mol. The van der Waals surface area contributed by atoms with E-state index in [1.54, 1.807) is 11.8 Å². The third-order valence-corrected chi connectivity index (χ3v) is 5.79. The number of benzene rings is 1. The molecule has 2 saturated carbocycles. The van der Waals surface area contributed by atoms with Gasteiger partial charge in [0, 0.05) is 12.1 Å². The van der Waals surface area contributed by atoms with Crippen LogP contribution in [0.5, 0.6) is 0 Å². The molecule has 2 aromatic rings.